The van der Waals surface area contributed by atoms with Gasteiger partial charge in [-0.25, -0.2) is 4.79 Å². The Labute approximate surface area is 146 Å². The average molecular weight is 396 g/mol. The third-order valence-corrected chi connectivity index (χ3v) is 3.48. The molecule has 0 aliphatic carbocycles. The Morgan fingerprint density at radius 1 is 1.17 bits per heavy atom. The number of carbonyl (C=O) groups excluding carboxylic acids is 1. The summed E-state index contributed by atoms with van der Waals surface area (Å²) in [5.41, 5.74) is -0.220. The fraction of sp³-hybridized carbons (Fsp3) is 0.188. The van der Waals surface area contributed by atoms with Crippen LogP contribution in [0.1, 0.15) is 10.4 Å². The SMILES string of the molecule is COC(=O)c1ccc(OCCOc2cccc(Br)c2)c([N+](=O)[O-])c1. The summed E-state index contributed by atoms with van der Waals surface area (Å²) in [5.74, 6) is 0.0663. The molecule has 2 aromatic rings. The average Bonchev–Trinajstić information content (AvgIpc) is 2.58. The highest BCUT2D eigenvalue weighted by molar-refractivity contribution is 9.10. The third-order valence-electron chi connectivity index (χ3n) is 2.98. The summed E-state index contributed by atoms with van der Waals surface area (Å²) in [4.78, 5) is 21.9. The Bertz CT molecular complexity index is 749. The monoisotopic (exact) mass is 395 g/mol. The number of methoxy groups -OCH3 is 1. The van der Waals surface area contributed by atoms with E-state index in [4.69, 9.17) is 9.47 Å². The van der Waals surface area contributed by atoms with Crippen LogP contribution in [0.5, 0.6) is 11.5 Å². The lowest BCUT2D eigenvalue weighted by atomic mass is 10.2. The first-order valence-corrected chi connectivity index (χ1v) is 7.68. The van der Waals surface area contributed by atoms with Crippen LogP contribution in [0, 0.1) is 10.1 Å². The molecule has 0 atom stereocenters. The predicted octanol–water partition coefficient (Wildman–Crippen LogP) is 3.60. The van der Waals surface area contributed by atoms with Crippen LogP contribution in [0.25, 0.3) is 0 Å². The van der Waals surface area contributed by atoms with Crippen LogP contribution in [-0.4, -0.2) is 31.2 Å². The smallest absolute Gasteiger partial charge is 0.338 e. The van der Waals surface area contributed by atoms with Gasteiger partial charge in [-0.3, -0.25) is 10.1 Å². The summed E-state index contributed by atoms with van der Waals surface area (Å²) in [6, 6.07) is 11.2. The Kier molecular flexibility index (Phi) is 6.14. The lowest BCUT2D eigenvalue weighted by Gasteiger charge is -2.09. The zero-order valence-electron chi connectivity index (χ0n) is 12.7. The quantitative estimate of drug-likeness (QED) is 0.308. The van der Waals surface area contributed by atoms with Crippen molar-refractivity contribution in [2.45, 2.75) is 0 Å². The van der Waals surface area contributed by atoms with Crippen molar-refractivity contribution in [3.05, 3.63) is 62.6 Å². The molecule has 0 heterocycles. The molecule has 0 aliphatic heterocycles. The maximum absolute atomic E-state index is 11.4. The molecule has 2 aromatic carbocycles. The van der Waals surface area contributed by atoms with Crippen LogP contribution in [0.15, 0.2) is 46.9 Å². The van der Waals surface area contributed by atoms with Crippen molar-refractivity contribution >= 4 is 27.6 Å². The lowest BCUT2D eigenvalue weighted by molar-refractivity contribution is -0.385. The van der Waals surface area contributed by atoms with Gasteiger partial charge in [0.1, 0.15) is 19.0 Å². The number of halogens is 1. The zero-order valence-corrected chi connectivity index (χ0v) is 14.3. The Morgan fingerprint density at radius 2 is 1.92 bits per heavy atom. The van der Waals surface area contributed by atoms with Gasteiger partial charge in [-0.1, -0.05) is 22.0 Å². The molecular weight excluding hydrogens is 382 g/mol. The Balaban J connectivity index is 1.99. The van der Waals surface area contributed by atoms with Gasteiger partial charge in [-0.05, 0) is 30.3 Å². The van der Waals surface area contributed by atoms with Crippen molar-refractivity contribution in [3.8, 4) is 11.5 Å². The Hall–Kier alpha value is -2.61. The van der Waals surface area contributed by atoms with E-state index in [0.29, 0.717) is 5.75 Å². The van der Waals surface area contributed by atoms with Crippen molar-refractivity contribution < 1.29 is 23.9 Å². The number of benzene rings is 2. The molecule has 0 N–H and O–H groups in total. The van der Waals surface area contributed by atoms with Crippen molar-refractivity contribution in [1.82, 2.24) is 0 Å². The van der Waals surface area contributed by atoms with E-state index in [1.807, 2.05) is 12.1 Å². The first-order chi connectivity index (χ1) is 11.5. The predicted molar refractivity (Wildman–Crippen MR) is 89.6 cm³/mol. The summed E-state index contributed by atoms with van der Waals surface area (Å²) in [5, 5.41) is 11.1. The molecule has 0 bridgehead atoms. The first-order valence-electron chi connectivity index (χ1n) is 6.89. The fourth-order valence-corrected chi connectivity index (χ4v) is 2.27. The second-order valence-electron chi connectivity index (χ2n) is 4.59. The van der Waals surface area contributed by atoms with Gasteiger partial charge < -0.3 is 14.2 Å². The second-order valence-corrected chi connectivity index (χ2v) is 5.50. The molecule has 24 heavy (non-hydrogen) atoms. The van der Waals surface area contributed by atoms with Crippen LogP contribution in [0.2, 0.25) is 0 Å². The van der Waals surface area contributed by atoms with Gasteiger partial charge >= 0.3 is 11.7 Å². The van der Waals surface area contributed by atoms with Gasteiger partial charge in [-0.15, -0.1) is 0 Å². The van der Waals surface area contributed by atoms with Crippen LogP contribution >= 0.6 is 15.9 Å². The van der Waals surface area contributed by atoms with E-state index in [1.54, 1.807) is 12.1 Å². The van der Waals surface area contributed by atoms with Gasteiger partial charge in [0.25, 0.3) is 0 Å². The molecule has 0 fully saturated rings. The van der Waals surface area contributed by atoms with E-state index in [-0.39, 0.29) is 30.2 Å². The molecule has 0 unspecified atom stereocenters. The number of nitro groups is 1. The topological polar surface area (TPSA) is 87.9 Å². The molecule has 0 aliphatic rings. The molecule has 0 saturated heterocycles. The first kappa shape index (κ1) is 17.7. The van der Waals surface area contributed by atoms with Crippen LogP contribution in [-0.2, 0) is 4.74 Å². The molecular formula is C16H14BrNO6. The minimum atomic E-state index is -0.650. The number of hydrogen-bond acceptors (Lipinski definition) is 6. The van der Waals surface area contributed by atoms with E-state index >= 15 is 0 Å². The second kappa shape index (κ2) is 8.30. The molecule has 0 amide bonds. The summed E-state index contributed by atoms with van der Waals surface area (Å²) in [7, 11) is 1.21. The minimum Gasteiger partial charge on any atom is -0.490 e. The number of nitrogens with zero attached hydrogens (tertiary/aromatic N) is 1. The maximum Gasteiger partial charge on any atom is 0.338 e. The standard InChI is InChI=1S/C16H14BrNO6/c1-22-16(19)11-5-6-15(14(9-11)18(20)21)24-8-7-23-13-4-2-3-12(17)10-13/h2-6,9-10H,7-8H2,1H3. The highest BCUT2D eigenvalue weighted by Gasteiger charge is 2.19. The molecule has 8 heteroatoms. The van der Waals surface area contributed by atoms with Crippen LogP contribution < -0.4 is 9.47 Å². The largest absolute Gasteiger partial charge is 0.490 e. The van der Waals surface area contributed by atoms with Crippen molar-refractivity contribution in [2.75, 3.05) is 20.3 Å². The van der Waals surface area contributed by atoms with Gasteiger partial charge in [-0.2, -0.15) is 0 Å². The van der Waals surface area contributed by atoms with Crippen molar-refractivity contribution in [1.29, 1.82) is 0 Å². The van der Waals surface area contributed by atoms with Crippen LogP contribution in [0.3, 0.4) is 0 Å². The van der Waals surface area contributed by atoms with E-state index in [2.05, 4.69) is 20.7 Å². The summed E-state index contributed by atoms with van der Waals surface area (Å²) in [6.45, 7) is 0.331. The highest BCUT2D eigenvalue weighted by Crippen LogP contribution is 2.28. The maximum atomic E-state index is 11.4. The van der Waals surface area contributed by atoms with E-state index in [0.717, 1.165) is 10.5 Å². The third kappa shape index (κ3) is 4.69. The van der Waals surface area contributed by atoms with Gasteiger partial charge in [0, 0.05) is 10.5 Å². The number of carbonyl (C=O) groups is 1. The molecule has 2 rings (SSSR count). The zero-order chi connectivity index (χ0) is 17.5. The van der Waals surface area contributed by atoms with Crippen LogP contribution in [0.4, 0.5) is 5.69 Å². The Morgan fingerprint density at radius 3 is 2.58 bits per heavy atom. The number of nitro benzene ring substituents is 1. The van der Waals surface area contributed by atoms with Gasteiger partial charge in [0.05, 0.1) is 17.6 Å². The van der Waals surface area contributed by atoms with Crippen molar-refractivity contribution in [3.63, 3.8) is 0 Å². The summed E-state index contributed by atoms with van der Waals surface area (Å²) < 4.78 is 16.3. The molecule has 0 spiro atoms. The number of esters is 1. The lowest BCUT2D eigenvalue weighted by Crippen LogP contribution is -2.10. The number of rotatable bonds is 7. The molecule has 0 radical (unpaired) electrons. The van der Waals surface area contributed by atoms with E-state index in [1.165, 1.54) is 19.2 Å². The highest BCUT2D eigenvalue weighted by atomic mass is 79.9. The number of ether oxygens (including phenoxy) is 3. The van der Waals surface area contributed by atoms with E-state index in [9.17, 15) is 14.9 Å². The summed E-state index contributed by atoms with van der Waals surface area (Å²) in [6.07, 6.45) is 0. The van der Waals surface area contributed by atoms with Crippen molar-refractivity contribution in [2.24, 2.45) is 0 Å². The number of hydrogen-bond donors (Lipinski definition) is 0. The fourth-order valence-electron chi connectivity index (χ4n) is 1.89. The molecule has 126 valence electrons. The molecule has 0 saturated carbocycles. The van der Waals surface area contributed by atoms with Gasteiger partial charge in [0.15, 0.2) is 5.75 Å². The summed E-state index contributed by atoms with van der Waals surface area (Å²) >= 11 is 3.33. The normalized spacial score (nSPS) is 10.1. The minimum absolute atomic E-state index is 0.0606. The van der Waals surface area contributed by atoms with E-state index < -0.39 is 10.9 Å². The van der Waals surface area contributed by atoms with Gasteiger partial charge in [0.2, 0.25) is 0 Å². The molecule has 0 aromatic heterocycles. The molecule has 7 nitrogen and oxygen atoms in total.